The van der Waals surface area contributed by atoms with Gasteiger partial charge in [0.1, 0.15) is 11.6 Å². The molecule has 2 aromatic rings. The Kier molecular flexibility index (Phi) is 3.77. The van der Waals surface area contributed by atoms with Crippen molar-refractivity contribution in [3.05, 3.63) is 39.7 Å². The van der Waals surface area contributed by atoms with E-state index in [0.717, 1.165) is 27.5 Å². The van der Waals surface area contributed by atoms with Crippen molar-refractivity contribution in [2.45, 2.75) is 10.1 Å². The quantitative estimate of drug-likeness (QED) is 0.505. The van der Waals surface area contributed by atoms with E-state index in [4.69, 9.17) is 5.73 Å². The second-order valence-electron chi connectivity index (χ2n) is 3.10. The van der Waals surface area contributed by atoms with Crippen LogP contribution in [-0.2, 0) is 0 Å². The van der Waals surface area contributed by atoms with Crippen molar-refractivity contribution < 1.29 is 8.78 Å². The average Bonchev–Trinajstić information content (AvgIpc) is 2.26. The summed E-state index contributed by atoms with van der Waals surface area (Å²) >= 11 is 2.87. The van der Waals surface area contributed by atoms with Crippen LogP contribution >= 0.6 is 34.4 Å². The zero-order valence-electron chi connectivity index (χ0n) is 8.32. The van der Waals surface area contributed by atoms with Crippen LogP contribution in [0, 0.1) is 15.2 Å². The molecule has 17 heavy (non-hydrogen) atoms. The molecule has 0 fully saturated rings. The summed E-state index contributed by atoms with van der Waals surface area (Å²) in [5.41, 5.74) is 5.37. The maximum atomic E-state index is 13.5. The number of nitrogens with two attached hydrogens (primary N) is 1. The van der Waals surface area contributed by atoms with Crippen LogP contribution in [-0.4, -0.2) is 9.97 Å². The molecule has 0 radical (unpaired) electrons. The Labute approximate surface area is 114 Å². The normalized spacial score (nSPS) is 10.5. The molecular formula is C10H6F2IN3S. The second kappa shape index (κ2) is 5.13. The lowest BCUT2D eigenvalue weighted by atomic mass is 10.3. The highest BCUT2D eigenvalue weighted by molar-refractivity contribution is 14.1. The minimum atomic E-state index is -0.713. The van der Waals surface area contributed by atoms with Crippen LogP contribution in [0.15, 0.2) is 34.6 Å². The van der Waals surface area contributed by atoms with Gasteiger partial charge in [0.05, 0.1) is 4.90 Å². The number of rotatable bonds is 2. The molecule has 0 spiro atoms. The summed E-state index contributed by atoms with van der Waals surface area (Å²) in [5, 5.41) is 0.285. The van der Waals surface area contributed by atoms with Crippen molar-refractivity contribution in [2.24, 2.45) is 0 Å². The molecule has 0 saturated carbocycles. The fourth-order valence-corrected chi connectivity index (χ4v) is 2.11. The van der Waals surface area contributed by atoms with E-state index in [9.17, 15) is 8.78 Å². The molecule has 0 aliphatic heterocycles. The molecule has 2 rings (SSSR count). The number of benzene rings is 1. The number of halogens is 3. The van der Waals surface area contributed by atoms with Gasteiger partial charge in [-0.3, -0.25) is 0 Å². The third-order valence-corrected chi connectivity index (χ3v) is 3.36. The lowest BCUT2D eigenvalue weighted by molar-refractivity contribution is 0.541. The zero-order valence-corrected chi connectivity index (χ0v) is 11.3. The summed E-state index contributed by atoms with van der Waals surface area (Å²) in [6, 6.07) is 2.14. The summed E-state index contributed by atoms with van der Waals surface area (Å²) in [5.74, 6) is -1.43. The van der Waals surface area contributed by atoms with E-state index < -0.39 is 11.6 Å². The Morgan fingerprint density at radius 1 is 1.12 bits per heavy atom. The zero-order chi connectivity index (χ0) is 12.4. The average molecular weight is 365 g/mol. The first-order chi connectivity index (χ1) is 8.06. The van der Waals surface area contributed by atoms with E-state index >= 15 is 0 Å². The molecule has 7 heteroatoms. The number of nitrogen functional groups attached to an aromatic ring is 1. The largest absolute Gasteiger partial charge is 0.399 e. The van der Waals surface area contributed by atoms with Crippen molar-refractivity contribution in [1.29, 1.82) is 0 Å². The van der Waals surface area contributed by atoms with Gasteiger partial charge in [0.25, 0.3) is 0 Å². The van der Waals surface area contributed by atoms with Crippen molar-refractivity contribution >= 4 is 40.0 Å². The standard InChI is InChI=1S/C10H6F2IN3S/c11-7-1-6(14)2-8(12)9(7)17-10-15-3-5(13)4-16-10/h1-4H,14H2. The number of anilines is 1. The van der Waals surface area contributed by atoms with E-state index in [1.165, 1.54) is 0 Å². The molecule has 0 atom stereocenters. The molecule has 0 aliphatic carbocycles. The third kappa shape index (κ3) is 3.03. The summed E-state index contributed by atoms with van der Waals surface area (Å²) in [6.45, 7) is 0. The maximum absolute atomic E-state index is 13.5. The molecule has 1 aromatic heterocycles. The van der Waals surface area contributed by atoms with Crippen LogP contribution in [0.2, 0.25) is 0 Å². The fraction of sp³-hybridized carbons (Fsp3) is 0. The van der Waals surface area contributed by atoms with E-state index in [0.29, 0.717) is 0 Å². The SMILES string of the molecule is Nc1cc(F)c(Sc2ncc(I)cn2)c(F)c1. The minimum absolute atomic E-state index is 0.0490. The maximum Gasteiger partial charge on any atom is 0.192 e. The molecule has 1 heterocycles. The van der Waals surface area contributed by atoms with Gasteiger partial charge in [-0.25, -0.2) is 18.7 Å². The number of hydrogen-bond donors (Lipinski definition) is 1. The Hall–Kier alpha value is -0.960. The second-order valence-corrected chi connectivity index (χ2v) is 5.32. The lowest BCUT2D eigenvalue weighted by Gasteiger charge is -2.04. The molecule has 88 valence electrons. The van der Waals surface area contributed by atoms with Crippen molar-refractivity contribution in [1.82, 2.24) is 9.97 Å². The molecule has 0 unspecified atom stereocenters. The number of aromatic nitrogens is 2. The van der Waals surface area contributed by atoms with Crippen LogP contribution < -0.4 is 5.73 Å². The van der Waals surface area contributed by atoms with E-state index in [-0.39, 0.29) is 15.7 Å². The molecule has 0 bridgehead atoms. The summed E-state index contributed by atoms with van der Waals surface area (Å²) in [7, 11) is 0. The molecule has 0 amide bonds. The Morgan fingerprint density at radius 2 is 1.65 bits per heavy atom. The van der Waals surface area contributed by atoms with Gasteiger partial charge in [-0.1, -0.05) is 0 Å². The van der Waals surface area contributed by atoms with Crippen molar-refractivity contribution in [2.75, 3.05) is 5.73 Å². The molecule has 3 nitrogen and oxygen atoms in total. The van der Waals surface area contributed by atoms with Gasteiger partial charge in [-0.2, -0.15) is 0 Å². The van der Waals surface area contributed by atoms with Gasteiger partial charge in [-0.05, 0) is 46.5 Å². The van der Waals surface area contributed by atoms with Crippen LogP contribution in [0.4, 0.5) is 14.5 Å². The Balaban J connectivity index is 2.33. The van der Waals surface area contributed by atoms with Gasteiger partial charge in [0.2, 0.25) is 0 Å². The van der Waals surface area contributed by atoms with Gasteiger partial charge in [0, 0.05) is 21.7 Å². The van der Waals surface area contributed by atoms with Crippen LogP contribution in [0.5, 0.6) is 0 Å². The van der Waals surface area contributed by atoms with E-state index in [1.54, 1.807) is 12.4 Å². The van der Waals surface area contributed by atoms with Crippen LogP contribution in [0.25, 0.3) is 0 Å². The topological polar surface area (TPSA) is 51.8 Å². The smallest absolute Gasteiger partial charge is 0.192 e. The van der Waals surface area contributed by atoms with Gasteiger partial charge >= 0.3 is 0 Å². The van der Waals surface area contributed by atoms with Crippen molar-refractivity contribution in [3.8, 4) is 0 Å². The molecule has 0 aliphatic rings. The van der Waals surface area contributed by atoms with Gasteiger partial charge in [-0.15, -0.1) is 0 Å². The highest BCUT2D eigenvalue weighted by atomic mass is 127. The Bertz CT molecular complexity index is 525. The predicted octanol–water partition coefficient (Wildman–Crippen LogP) is 3.09. The minimum Gasteiger partial charge on any atom is -0.399 e. The third-order valence-electron chi connectivity index (χ3n) is 1.81. The Morgan fingerprint density at radius 3 is 2.18 bits per heavy atom. The first-order valence-electron chi connectivity index (χ1n) is 4.46. The summed E-state index contributed by atoms with van der Waals surface area (Å²) < 4.78 is 27.8. The first-order valence-corrected chi connectivity index (χ1v) is 6.35. The molecule has 0 saturated heterocycles. The molecular weight excluding hydrogens is 359 g/mol. The van der Waals surface area contributed by atoms with Gasteiger partial charge < -0.3 is 5.73 Å². The highest BCUT2D eigenvalue weighted by Gasteiger charge is 2.13. The lowest BCUT2D eigenvalue weighted by Crippen LogP contribution is -1.94. The van der Waals surface area contributed by atoms with Crippen molar-refractivity contribution in [3.63, 3.8) is 0 Å². The number of nitrogens with zero attached hydrogens (tertiary/aromatic N) is 2. The van der Waals surface area contributed by atoms with E-state index in [2.05, 4.69) is 9.97 Å². The van der Waals surface area contributed by atoms with Crippen LogP contribution in [0.3, 0.4) is 0 Å². The highest BCUT2D eigenvalue weighted by Crippen LogP contribution is 2.31. The predicted molar refractivity (Wildman–Crippen MR) is 69.6 cm³/mol. The molecule has 1 aromatic carbocycles. The first kappa shape index (κ1) is 12.5. The summed E-state index contributed by atoms with van der Waals surface area (Å²) in [4.78, 5) is 7.76. The monoisotopic (exact) mass is 365 g/mol. The fourth-order valence-electron chi connectivity index (χ4n) is 1.12. The van der Waals surface area contributed by atoms with E-state index in [1.807, 2.05) is 22.6 Å². The summed E-state index contributed by atoms with van der Waals surface area (Å²) in [6.07, 6.45) is 3.14. The molecule has 2 N–H and O–H groups in total. The van der Waals surface area contributed by atoms with Gasteiger partial charge in [0.15, 0.2) is 5.16 Å². The van der Waals surface area contributed by atoms with Crippen LogP contribution in [0.1, 0.15) is 0 Å². The number of hydrogen-bond acceptors (Lipinski definition) is 4.